The molecule has 1 saturated heterocycles. The molecule has 1 N–H and O–H groups in total. The van der Waals surface area contributed by atoms with E-state index in [1.54, 1.807) is 0 Å². The van der Waals surface area contributed by atoms with Gasteiger partial charge in [0.25, 0.3) is 0 Å². The van der Waals surface area contributed by atoms with Gasteiger partial charge in [-0.25, -0.2) is 0 Å². The van der Waals surface area contributed by atoms with E-state index in [0.717, 1.165) is 12.3 Å². The molecule has 2 heteroatoms. The van der Waals surface area contributed by atoms with Gasteiger partial charge in [-0.3, -0.25) is 0 Å². The summed E-state index contributed by atoms with van der Waals surface area (Å²) < 4.78 is 0. The Bertz CT molecular complexity index is 379. The van der Waals surface area contributed by atoms with Crippen molar-refractivity contribution in [3.63, 3.8) is 0 Å². The molecule has 0 aliphatic carbocycles. The number of aryl methyl sites for hydroxylation is 1. The summed E-state index contributed by atoms with van der Waals surface area (Å²) in [6.45, 7) is 4.62. The molecule has 1 unspecified atom stereocenters. The van der Waals surface area contributed by atoms with Gasteiger partial charge in [0.2, 0.25) is 0 Å². The zero-order valence-corrected chi connectivity index (χ0v) is 12.0. The van der Waals surface area contributed by atoms with Crippen molar-refractivity contribution < 1.29 is 0 Å². The Kier molecular flexibility index (Phi) is 4.65. The molecule has 1 aliphatic rings. The van der Waals surface area contributed by atoms with E-state index < -0.39 is 0 Å². The largest absolute Gasteiger partial charge is 0.377 e. The van der Waals surface area contributed by atoms with Crippen LogP contribution in [0.5, 0.6) is 0 Å². The molecule has 1 aromatic rings. The summed E-state index contributed by atoms with van der Waals surface area (Å²) in [5.74, 6) is 0.810. The third kappa shape index (κ3) is 3.26. The SMILES string of the molecule is CCc1ccc(N(C)C)c(CC2CCCNC2)c1. The molecule has 2 rings (SSSR count). The summed E-state index contributed by atoms with van der Waals surface area (Å²) in [6.07, 6.45) is 5.05. The lowest BCUT2D eigenvalue weighted by atomic mass is 9.90. The number of anilines is 1. The lowest BCUT2D eigenvalue weighted by molar-refractivity contribution is 0.376. The van der Waals surface area contributed by atoms with Crippen LogP contribution in [0.4, 0.5) is 5.69 Å². The maximum Gasteiger partial charge on any atom is 0.0393 e. The lowest BCUT2D eigenvalue weighted by Crippen LogP contribution is -2.31. The van der Waals surface area contributed by atoms with Crippen molar-refractivity contribution in [2.24, 2.45) is 5.92 Å². The highest BCUT2D eigenvalue weighted by Crippen LogP contribution is 2.25. The summed E-state index contributed by atoms with van der Waals surface area (Å²) in [6, 6.07) is 6.95. The Morgan fingerprint density at radius 1 is 1.33 bits per heavy atom. The van der Waals surface area contributed by atoms with Crippen LogP contribution < -0.4 is 10.2 Å². The minimum Gasteiger partial charge on any atom is -0.377 e. The van der Waals surface area contributed by atoms with Crippen LogP contribution in [-0.2, 0) is 12.8 Å². The monoisotopic (exact) mass is 246 g/mol. The van der Waals surface area contributed by atoms with Gasteiger partial charge in [-0.05, 0) is 61.9 Å². The van der Waals surface area contributed by atoms with E-state index >= 15 is 0 Å². The number of hydrogen-bond acceptors (Lipinski definition) is 2. The van der Waals surface area contributed by atoms with Crippen LogP contribution in [0.2, 0.25) is 0 Å². The Morgan fingerprint density at radius 2 is 2.17 bits per heavy atom. The molecule has 1 atom stereocenters. The summed E-state index contributed by atoms with van der Waals surface area (Å²) >= 11 is 0. The first kappa shape index (κ1) is 13.4. The quantitative estimate of drug-likeness (QED) is 0.879. The van der Waals surface area contributed by atoms with E-state index in [1.807, 2.05) is 0 Å². The number of rotatable bonds is 4. The van der Waals surface area contributed by atoms with Crippen molar-refractivity contribution in [1.82, 2.24) is 5.32 Å². The Morgan fingerprint density at radius 3 is 2.78 bits per heavy atom. The molecule has 0 saturated carbocycles. The summed E-state index contributed by atoms with van der Waals surface area (Å²) in [5.41, 5.74) is 4.37. The van der Waals surface area contributed by atoms with Crippen molar-refractivity contribution in [1.29, 1.82) is 0 Å². The van der Waals surface area contributed by atoms with Gasteiger partial charge >= 0.3 is 0 Å². The molecule has 1 aliphatic heterocycles. The summed E-state index contributed by atoms with van der Waals surface area (Å²) in [4.78, 5) is 2.24. The molecule has 1 fully saturated rings. The van der Waals surface area contributed by atoms with Gasteiger partial charge in [0.05, 0.1) is 0 Å². The van der Waals surface area contributed by atoms with Gasteiger partial charge in [-0.1, -0.05) is 19.1 Å². The van der Waals surface area contributed by atoms with Gasteiger partial charge in [-0.2, -0.15) is 0 Å². The summed E-state index contributed by atoms with van der Waals surface area (Å²) in [5, 5.41) is 3.52. The number of nitrogens with one attached hydrogen (secondary N) is 1. The molecule has 0 amide bonds. The predicted molar refractivity (Wildman–Crippen MR) is 79.4 cm³/mol. The first-order chi connectivity index (χ1) is 8.70. The second kappa shape index (κ2) is 6.24. The standard InChI is InChI=1S/C16H26N2/c1-4-13-7-8-16(18(2)3)15(10-13)11-14-6-5-9-17-12-14/h7-8,10,14,17H,4-6,9,11-12H2,1-3H3. The Balaban J connectivity index is 2.17. The van der Waals surface area contributed by atoms with E-state index in [0.29, 0.717) is 0 Å². The van der Waals surface area contributed by atoms with Gasteiger partial charge < -0.3 is 10.2 Å². The first-order valence-electron chi connectivity index (χ1n) is 7.20. The number of nitrogens with zero attached hydrogens (tertiary/aromatic N) is 1. The molecule has 1 aromatic carbocycles. The zero-order chi connectivity index (χ0) is 13.0. The predicted octanol–water partition coefficient (Wildman–Crippen LogP) is 2.86. The fourth-order valence-corrected chi connectivity index (χ4v) is 2.87. The first-order valence-corrected chi connectivity index (χ1v) is 7.20. The van der Waals surface area contributed by atoms with E-state index in [9.17, 15) is 0 Å². The molecule has 2 nitrogen and oxygen atoms in total. The van der Waals surface area contributed by atoms with Crippen molar-refractivity contribution in [3.8, 4) is 0 Å². The van der Waals surface area contributed by atoms with Crippen LogP contribution in [0.1, 0.15) is 30.9 Å². The Labute approximate surface area is 111 Å². The molecular weight excluding hydrogens is 220 g/mol. The normalized spacial score (nSPS) is 19.8. The molecule has 1 heterocycles. The highest BCUT2D eigenvalue weighted by Gasteiger charge is 2.16. The maximum atomic E-state index is 3.52. The van der Waals surface area contributed by atoms with Crippen LogP contribution in [0.3, 0.4) is 0 Å². The molecule has 0 spiro atoms. The van der Waals surface area contributed by atoms with Crippen LogP contribution in [-0.4, -0.2) is 27.2 Å². The van der Waals surface area contributed by atoms with Crippen LogP contribution >= 0.6 is 0 Å². The highest BCUT2D eigenvalue weighted by molar-refractivity contribution is 5.54. The van der Waals surface area contributed by atoms with E-state index in [1.165, 1.54) is 49.2 Å². The van der Waals surface area contributed by atoms with Crippen molar-refractivity contribution in [3.05, 3.63) is 29.3 Å². The zero-order valence-electron chi connectivity index (χ0n) is 12.0. The van der Waals surface area contributed by atoms with Crippen LogP contribution in [0, 0.1) is 5.92 Å². The Hall–Kier alpha value is -1.02. The van der Waals surface area contributed by atoms with Gasteiger partial charge in [0.1, 0.15) is 0 Å². The van der Waals surface area contributed by atoms with Gasteiger partial charge in [0, 0.05) is 19.8 Å². The van der Waals surface area contributed by atoms with Crippen molar-refractivity contribution in [2.75, 3.05) is 32.1 Å². The fourth-order valence-electron chi connectivity index (χ4n) is 2.87. The van der Waals surface area contributed by atoms with Gasteiger partial charge in [0.15, 0.2) is 0 Å². The summed E-state index contributed by atoms with van der Waals surface area (Å²) in [7, 11) is 4.28. The van der Waals surface area contributed by atoms with Gasteiger partial charge in [-0.15, -0.1) is 0 Å². The molecule has 100 valence electrons. The second-order valence-electron chi connectivity index (χ2n) is 5.63. The van der Waals surface area contributed by atoms with Crippen molar-refractivity contribution in [2.45, 2.75) is 32.6 Å². The molecule has 0 bridgehead atoms. The number of hydrogen-bond donors (Lipinski definition) is 1. The molecular formula is C16H26N2. The topological polar surface area (TPSA) is 15.3 Å². The maximum absolute atomic E-state index is 3.52. The number of piperidine rings is 1. The molecule has 0 radical (unpaired) electrons. The van der Waals surface area contributed by atoms with E-state index in [2.05, 4.69) is 49.4 Å². The van der Waals surface area contributed by atoms with Crippen molar-refractivity contribution >= 4 is 5.69 Å². The highest BCUT2D eigenvalue weighted by atomic mass is 15.1. The van der Waals surface area contributed by atoms with E-state index in [-0.39, 0.29) is 0 Å². The van der Waals surface area contributed by atoms with Crippen LogP contribution in [0.25, 0.3) is 0 Å². The average molecular weight is 246 g/mol. The number of benzene rings is 1. The van der Waals surface area contributed by atoms with E-state index in [4.69, 9.17) is 0 Å². The minimum atomic E-state index is 0.810. The average Bonchev–Trinajstić information content (AvgIpc) is 2.39. The molecule has 18 heavy (non-hydrogen) atoms. The fraction of sp³-hybridized carbons (Fsp3) is 0.625. The smallest absolute Gasteiger partial charge is 0.0393 e. The minimum absolute atomic E-state index is 0.810. The third-order valence-electron chi connectivity index (χ3n) is 3.94. The second-order valence-corrected chi connectivity index (χ2v) is 5.63. The molecule has 0 aromatic heterocycles. The van der Waals surface area contributed by atoms with Crippen LogP contribution in [0.15, 0.2) is 18.2 Å². The third-order valence-corrected chi connectivity index (χ3v) is 3.94. The lowest BCUT2D eigenvalue weighted by Gasteiger charge is -2.25.